The van der Waals surface area contributed by atoms with E-state index in [-0.39, 0.29) is 0 Å². The van der Waals surface area contributed by atoms with E-state index in [1.807, 2.05) is 0 Å². The number of rotatable bonds is 11. The lowest BCUT2D eigenvalue weighted by molar-refractivity contribution is 0.568. The third kappa shape index (κ3) is 14.0. The maximum atomic E-state index is 8.07. The van der Waals surface area contributed by atoms with Crippen LogP contribution in [-0.2, 0) is 0 Å². The molecule has 0 rings (SSSR count). The Hall–Kier alpha value is 0.0400. The minimum atomic E-state index is 0.673. The molecule has 0 atom stereocenters. The average molecular weight is 323 g/mol. The Labute approximate surface area is 107 Å². The van der Waals surface area contributed by atoms with Gasteiger partial charge in [0.25, 0.3) is 0 Å². The van der Waals surface area contributed by atoms with Gasteiger partial charge in [0.15, 0.2) is 0 Å². The Morgan fingerprint density at radius 2 is 1.27 bits per heavy atom. The standard InChI is InChI=1S/C11H22IN3/c12-10-8-6-4-2-1-3-5-7-9-11-14-15-13/h1-11H2. The van der Waals surface area contributed by atoms with Crippen LogP contribution in [0.5, 0.6) is 0 Å². The number of azide groups is 1. The van der Waals surface area contributed by atoms with Crippen LogP contribution in [0.4, 0.5) is 0 Å². The maximum absolute atomic E-state index is 8.07. The zero-order valence-corrected chi connectivity index (χ0v) is 11.7. The van der Waals surface area contributed by atoms with Gasteiger partial charge in [-0.1, -0.05) is 72.7 Å². The van der Waals surface area contributed by atoms with Crippen molar-refractivity contribution in [3.05, 3.63) is 10.4 Å². The molecule has 0 saturated heterocycles. The molecule has 0 aliphatic heterocycles. The Balaban J connectivity index is 2.89. The molecule has 88 valence electrons. The number of hydrogen-bond donors (Lipinski definition) is 0. The molecule has 0 saturated carbocycles. The summed E-state index contributed by atoms with van der Waals surface area (Å²) in [5, 5.41) is 3.52. The summed E-state index contributed by atoms with van der Waals surface area (Å²) < 4.78 is 1.30. The van der Waals surface area contributed by atoms with Crippen molar-refractivity contribution >= 4 is 22.6 Å². The van der Waals surface area contributed by atoms with Crippen molar-refractivity contribution in [3.8, 4) is 0 Å². The minimum absolute atomic E-state index is 0.673. The SMILES string of the molecule is [N-]=[N+]=NCCCCCCCCCCCI. The molecule has 4 heteroatoms. The molecule has 0 N–H and O–H groups in total. The fourth-order valence-electron chi connectivity index (χ4n) is 1.56. The molecular formula is C11H22IN3. The number of unbranched alkanes of at least 4 members (excludes halogenated alkanes) is 8. The van der Waals surface area contributed by atoms with Gasteiger partial charge < -0.3 is 0 Å². The summed E-state index contributed by atoms with van der Waals surface area (Å²) in [5.41, 5.74) is 8.07. The Morgan fingerprint density at radius 1 is 0.800 bits per heavy atom. The van der Waals surface area contributed by atoms with Gasteiger partial charge in [-0.25, -0.2) is 0 Å². The second-order valence-corrected chi connectivity index (χ2v) is 4.90. The van der Waals surface area contributed by atoms with Gasteiger partial charge in [0.1, 0.15) is 0 Å². The van der Waals surface area contributed by atoms with Gasteiger partial charge in [0.2, 0.25) is 0 Å². The summed E-state index contributed by atoms with van der Waals surface area (Å²) in [6.45, 7) is 0.673. The fourth-order valence-corrected chi connectivity index (χ4v) is 2.10. The van der Waals surface area contributed by atoms with E-state index in [4.69, 9.17) is 5.53 Å². The van der Waals surface area contributed by atoms with Crippen LogP contribution in [0.2, 0.25) is 0 Å². The van der Waals surface area contributed by atoms with E-state index in [9.17, 15) is 0 Å². The molecule has 0 unspecified atom stereocenters. The number of nitrogens with zero attached hydrogens (tertiary/aromatic N) is 3. The highest BCUT2D eigenvalue weighted by Crippen LogP contribution is 2.10. The monoisotopic (exact) mass is 323 g/mol. The Kier molecular flexibility index (Phi) is 14.1. The molecular weight excluding hydrogens is 301 g/mol. The van der Waals surface area contributed by atoms with Crippen LogP contribution in [0, 0.1) is 0 Å². The fraction of sp³-hybridized carbons (Fsp3) is 1.00. The zero-order valence-electron chi connectivity index (χ0n) is 9.50. The molecule has 0 bridgehead atoms. The first-order chi connectivity index (χ1) is 7.41. The normalized spacial score (nSPS) is 9.93. The van der Waals surface area contributed by atoms with Crippen LogP contribution in [0.15, 0.2) is 5.11 Å². The second-order valence-electron chi connectivity index (χ2n) is 3.83. The summed E-state index contributed by atoms with van der Waals surface area (Å²) in [7, 11) is 0. The third-order valence-corrected chi connectivity index (χ3v) is 3.22. The van der Waals surface area contributed by atoms with Crippen molar-refractivity contribution < 1.29 is 0 Å². The van der Waals surface area contributed by atoms with Crippen molar-refractivity contribution in [2.45, 2.75) is 57.8 Å². The van der Waals surface area contributed by atoms with Gasteiger partial charge in [-0.3, -0.25) is 0 Å². The topological polar surface area (TPSA) is 48.8 Å². The lowest BCUT2D eigenvalue weighted by Crippen LogP contribution is -1.83. The largest absolute Gasteiger partial charge is 0.0940 e. The first-order valence-corrected chi connectivity index (χ1v) is 7.51. The highest BCUT2D eigenvalue weighted by atomic mass is 127. The predicted octanol–water partition coefficient (Wildman–Crippen LogP) is 5.24. The molecule has 0 aromatic carbocycles. The van der Waals surface area contributed by atoms with E-state index in [0.717, 1.165) is 6.42 Å². The molecule has 15 heavy (non-hydrogen) atoms. The number of alkyl halides is 1. The lowest BCUT2D eigenvalue weighted by atomic mass is 10.1. The molecule has 0 aliphatic rings. The van der Waals surface area contributed by atoms with Gasteiger partial charge in [-0.05, 0) is 22.8 Å². The van der Waals surface area contributed by atoms with Crippen LogP contribution in [0.1, 0.15) is 57.8 Å². The van der Waals surface area contributed by atoms with E-state index in [1.165, 1.54) is 55.8 Å². The summed E-state index contributed by atoms with van der Waals surface area (Å²) in [5.74, 6) is 0. The maximum Gasteiger partial charge on any atom is 0.0257 e. The Bertz CT molecular complexity index is 167. The van der Waals surface area contributed by atoms with Crippen LogP contribution in [0.3, 0.4) is 0 Å². The van der Waals surface area contributed by atoms with E-state index < -0.39 is 0 Å². The quantitative estimate of drug-likeness (QED) is 0.125. The highest BCUT2D eigenvalue weighted by molar-refractivity contribution is 14.1. The van der Waals surface area contributed by atoms with Crippen molar-refractivity contribution in [1.29, 1.82) is 0 Å². The van der Waals surface area contributed by atoms with Crippen molar-refractivity contribution in [2.75, 3.05) is 11.0 Å². The van der Waals surface area contributed by atoms with Gasteiger partial charge in [0.05, 0.1) is 0 Å². The predicted molar refractivity (Wildman–Crippen MR) is 74.5 cm³/mol. The van der Waals surface area contributed by atoms with Crippen LogP contribution in [-0.4, -0.2) is 11.0 Å². The molecule has 0 aliphatic carbocycles. The molecule has 0 aromatic heterocycles. The first kappa shape index (κ1) is 15.0. The third-order valence-electron chi connectivity index (χ3n) is 2.45. The lowest BCUT2D eigenvalue weighted by Gasteiger charge is -2.00. The number of hydrogen-bond acceptors (Lipinski definition) is 1. The Morgan fingerprint density at radius 3 is 1.73 bits per heavy atom. The molecule has 0 heterocycles. The smallest absolute Gasteiger partial charge is 0.0257 e. The zero-order chi connectivity index (χ0) is 11.2. The highest BCUT2D eigenvalue weighted by Gasteiger charge is 1.91. The van der Waals surface area contributed by atoms with E-state index in [1.54, 1.807) is 0 Å². The summed E-state index contributed by atoms with van der Waals surface area (Å²) >= 11 is 2.44. The van der Waals surface area contributed by atoms with Crippen molar-refractivity contribution in [2.24, 2.45) is 5.11 Å². The van der Waals surface area contributed by atoms with Crippen molar-refractivity contribution in [3.63, 3.8) is 0 Å². The van der Waals surface area contributed by atoms with Crippen molar-refractivity contribution in [1.82, 2.24) is 0 Å². The first-order valence-electron chi connectivity index (χ1n) is 5.98. The van der Waals surface area contributed by atoms with Gasteiger partial charge >= 0.3 is 0 Å². The van der Waals surface area contributed by atoms with Crippen LogP contribution in [0.25, 0.3) is 10.4 Å². The van der Waals surface area contributed by atoms with Crippen LogP contribution >= 0.6 is 22.6 Å². The van der Waals surface area contributed by atoms with E-state index in [0.29, 0.717) is 6.54 Å². The summed E-state index contributed by atoms with van der Waals surface area (Å²) in [4.78, 5) is 2.74. The van der Waals surface area contributed by atoms with Gasteiger partial charge in [0, 0.05) is 11.5 Å². The second kappa shape index (κ2) is 14.0. The van der Waals surface area contributed by atoms with Gasteiger partial charge in [-0.2, -0.15) is 0 Å². The van der Waals surface area contributed by atoms with E-state index in [2.05, 4.69) is 32.6 Å². The molecule has 0 spiro atoms. The minimum Gasteiger partial charge on any atom is -0.0940 e. The average Bonchev–Trinajstić information content (AvgIpc) is 2.26. The molecule has 3 nitrogen and oxygen atoms in total. The van der Waals surface area contributed by atoms with E-state index >= 15 is 0 Å². The number of halogens is 1. The summed E-state index contributed by atoms with van der Waals surface area (Å²) in [6, 6.07) is 0. The molecule has 0 fully saturated rings. The molecule has 0 aromatic rings. The molecule has 0 amide bonds. The summed E-state index contributed by atoms with van der Waals surface area (Å²) in [6.07, 6.45) is 11.9. The molecule has 0 radical (unpaired) electrons. The van der Waals surface area contributed by atoms with Gasteiger partial charge in [-0.15, -0.1) is 0 Å². The van der Waals surface area contributed by atoms with Crippen LogP contribution < -0.4 is 0 Å².